The molecule has 0 bridgehead atoms. The quantitative estimate of drug-likeness (QED) is 0.744. The van der Waals surface area contributed by atoms with Gasteiger partial charge in [0.05, 0.1) is 6.61 Å². The number of benzene rings is 1. The minimum atomic E-state index is 0.629. The molecule has 0 radical (unpaired) electrons. The second-order valence-electron chi connectivity index (χ2n) is 6.11. The second kappa shape index (κ2) is 8.02. The molecule has 1 aromatic carbocycles. The van der Waals surface area contributed by atoms with Crippen LogP contribution in [0.2, 0.25) is 5.02 Å². The predicted molar refractivity (Wildman–Crippen MR) is 89.4 cm³/mol. The van der Waals surface area contributed by atoms with Gasteiger partial charge in [-0.05, 0) is 64.5 Å². The minimum absolute atomic E-state index is 0.629. The van der Waals surface area contributed by atoms with Gasteiger partial charge < -0.3 is 15.0 Å². The topological polar surface area (TPSA) is 24.5 Å². The standard InChI is InChI=1S/C17H27ClN2O/c1-13(2)20(3)8-5-4-7-19-12-15-11-16(18)10-14-6-9-21-17(14)15/h10-11,13,19H,4-9,12H2,1-3H3. The average molecular weight is 311 g/mol. The number of nitrogens with zero attached hydrogens (tertiary/aromatic N) is 1. The molecule has 2 rings (SSSR count). The van der Waals surface area contributed by atoms with Gasteiger partial charge in [0.25, 0.3) is 0 Å². The van der Waals surface area contributed by atoms with Gasteiger partial charge in [-0.2, -0.15) is 0 Å². The molecule has 1 aliphatic rings. The molecule has 1 aromatic rings. The average Bonchev–Trinajstić information content (AvgIpc) is 2.90. The van der Waals surface area contributed by atoms with Gasteiger partial charge in [-0.1, -0.05) is 11.6 Å². The van der Waals surface area contributed by atoms with Crippen LogP contribution in [0.25, 0.3) is 0 Å². The molecule has 0 aliphatic carbocycles. The molecule has 1 heterocycles. The first-order valence-corrected chi connectivity index (χ1v) is 8.31. The number of ether oxygens (including phenoxy) is 1. The molecule has 0 spiro atoms. The third-order valence-electron chi connectivity index (χ3n) is 4.14. The maximum atomic E-state index is 6.17. The highest BCUT2D eigenvalue weighted by Gasteiger charge is 2.17. The number of rotatable bonds is 8. The Kier molecular flexibility index (Phi) is 6.34. The Labute approximate surface area is 133 Å². The number of nitrogens with one attached hydrogen (secondary N) is 1. The van der Waals surface area contributed by atoms with Crippen molar-refractivity contribution in [3.8, 4) is 5.75 Å². The molecule has 0 fully saturated rings. The molecule has 1 N–H and O–H groups in total. The Morgan fingerprint density at radius 2 is 2.14 bits per heavy atom. The summed E-state index contributed by atoms with van der Waals surface area (Å²) in [5.74, 6) is 1.05. The third-order valence-corrected chi connectivity index (χ3v) is 4.35. The van der Waals surface area contributed by atoms with E-state index in [-0.39, 0.29) is 0 Å². The fraction of sp³-hybridized carbons (Fsp3) is 0.647. The normalized spacial score (nSPS) is 13.8. The van der Waals surface area contributed by atoms with Gasteiger partial charge in [0.2, 0.25) is 0 Å². The summed E-state index contributed by atoms with van der Waals surface area (Å²) in [6.07, 6.45) is 3.40. The van der Waals surface area contributed by atoms with Crippen LogP contribution in [0.5, 0.6) is 5.75 Å². The summed E-state index contributed by atoms with van der Waals surface area (Å²) in [6, 6.07) is 4.67. The second-order valence-corrected chi connectivity index (χ2v) is 6.55. The summed E-state index contributed by atoms with van der Waals surface area (Å²) in [5.41, 5.74) is 2.44. The van der Waals surface area contributed by atoms with E-state index in [1.165, 1.54) is 24.0 Å². The van der Waals surface area contributed by atoms with Crippen LogP contribution in [0.3, 0.4) is 0 Å². The van der Waals surface area contributed by atoms with Gasteiger partial charge in [-0.3, -0.25) is 0 Å². The largest absolute Gasteiger partial charge is 0.493 e. The van der Waals surface area contributed by atoms with Crippen LogP contribution >= 0.6 is 11.6 Å². The molecule has 4 heteroatoms. The zero-order valence-electron chi connectivity index (χ0n) is 13.4. The summed E-state index contributed by atoms with van der Waals surface area (Å²) >= 11 is 6.17. The van der Waals surface area contributed by atoms with Crippen molar-refractivity contribution in [2.45, 2.75) is 45.7 Å². The maximum absolute atomic E-state index is 6.17. The Morgan fingerprint density at radius 3 is 2.90 bits per heavy atom. The molecule has 0 saturated carbocycles. The van der Waals surface area contributed by atoms with E-state index in [2.05, 4.69) is 31.1 Å². The fourth-order valence-corrected chi connectivity index (χ4v) is 2.83. The third kappa shape index (κ3) is 4.87. The Hall–Kier alpha value is -0.770. The number of fused-ring (bicyclic) bond motifs is 1. The van der Waals surface area contributed by atoms with E-state index in [0.717, 1.165) is 43.4 Å². The highest BCUT2D eigenvalue weighted by Crippen LogP contribution is 2.32. The lowest BCUT2D eigenvalue weighted by Crippen LogP contribution is -2.27. The minimum Gasteiger partial charge on any atom is -0.493 e. The van der Waals surface area contributed by atoms with Gasteiger partial charge in [0, 0.05) is 29.6 Å². The lowest BCUT2D eigenvalue weighted by Gasteiger charge is -2.20. The summed E-state index contributed by atoms with van der Waals surface area (Å²) < 4.78 is 5.72. The van der Waals surface area contributed by atoms with Crippen LogP contribution in [0.4, 0.5) is 0 Å². The zero-order chi connectivity index (χ0) is 15.2. The fourth-order valence-electron chi connectivity index (χ4n) is 2.57. The van der Waals surface area contributed by atoms with Crippen LogP contribution in [0, 0.1) is 0 Å². The summed E-state index contributed by atoms with van der Waals surface area (Å²) in [4.78, 5) is 2.39. The van der Waals surface area contributed by atoms with Crippen LogP contribution in [0.15, 0.2) is 12.1 Å². The molecule has 21 heavy (non-hydrogen) atoms. The van der Waals surface area contributed by atoms with Crippen molar-refractivity contribution in [2.75, 3.05) is 26.7 Å². The van der Waals surface area contributed by atoms with Gasteiger partial charge in [-0.25, -0.2) is 0 Å². The molecule has 0 saturated heterocycles. The predicted octanol–water partition coefficient (Wildman–Crippen LogP) is 3.48. The van der Waals surface area contributed by atoms with Crippen molar-refractivity contribution in [1.82, 2.24) is 10.2 Å². The lowest BCUT2D eigenvalue weighted by molar-refractivity contribution is 0.268. The van der Waals surface area contributed by atoms with Crippen molar-refractivity contribution in [3.05, 3.63) is 28.3 Å². The molecule has 0 atom stereocenters. The van der Waals surface area contributed by atoms with Crippen LogP contribution in [-0.2, 0) is 13.0 Å². The molecular formula is C17H27ClN2O. The first-order chi connectivity index (χ1) is 10.1. The van der Waals surface area contributed by atoms with Gasteiger partial charge in [-0.15, -0.1) is 0 Å². The van der Waals surface area contributed by atoms with Crippen molar-refractivity contribution in [1.29, 1.82) is 0 Å². The highest BCUT2D eigenvalue weighted by molar-refractivity contribution is 6.30. The van der Waals surface area contributed by atoms with Crippen molar-refractivity contribution in [3.63, 3.8) is 0 Å². The molecule has 0 unspecified atom stereocenters. The molecule has 118 valence electrons. The number of hydrogen-bond donors (Lipinski definition) is 1. The smallest absolute Gasteiger partial charge is 0.127 e. The Morgan fingerprint density at radius 1 is 1.33 bits per heavy atom. The summed E-state index contributed by atoms with van der Waals surface area (Å²) in [5, 5.41) is 4.32. The van der Waals surface area contributed by atoms with E-state index >= 15 is 0 Å². The van der Waals surface area contributed by atoms with Crippen molar-refractivity contribution >= 4 is 11.6 Å². The Balaban J connectivity index is 1.70. The SMILES string of the molecule is CC(C)N(C)CCCCNCc1cc(Cl)cc2c1OCC2. The van der Waals surface area contributed by atoms with Gasteiger partial charge in [0.1, 0.15) is 5.75 Å². The molecule has 3 nitrogen and oxygen atoms in total. The van der Waals surface area contributed by atoms with E-state index in [0.29, 0.717) is 6.04 Å². The van der Waals surface area contributed by atoms with Crippen LogP contribution in [0.1, 0.15) is 37.8 Å². The van der Waals surface area contributed by atoms with Crippen LogP contribution in [-0.4, -0.2) is 37.7 Å². The molecule has 0 aromatic heterocycles. The lowest BCUT2D eigenvalue weighted by atomic mass is 10.1. The van der Waals surface area contributed by atoms with E-state index in [9.17, 15) is 0 Å². The maximum Gasteiger partial charge on any atom is 0.127 e. The zero-order valence-corrected chi connectivity index (χ0v) is 14.2. The van der Waals surface area contributed by atoms with Gasteiger partial charge in [0.15, 0.2) is 0 Å². The first-order valence-electron chi connectivity index (χ1n) is 7.93. The van der Waals surface area contributed by atoms with E-state index in [1.807, 2.05) is 12.1 Å². The number of unbranched alkanes of at least 4 members (excludes halogenated alkanes) is 1. The van der Waals surface area contributed by atoms with E-state index in [4.69, 9.17) is 16.3 Å². The summed E-state index contributed by atoms with van der Waals surface area (Å²) in [6.45, 7) is 8.28. The highest BCUT2D eigenvalue weighted by atomic mass is 35.5. The van der Waals surface area contributed by atoms with Crippen LogP contribution < -0.4 is 10.1 Å². The number of hydrogen-bond acceptors (Lipinski definition) is 3. The first kappa shape index (κ1) is 16.6. The van der Waals surface area contributed by atoms with E-state index < -0.39 is 0 Å². The Bertz CT molecular complexity index is 462. The van der Waals surface area contributed by atoms with Crippen molar-refractivity contribution < 1.29 is 4.74 Å². The molecular weight excluding hydrogens is 284 g/mol. The van der Waals surface area contributed by atoms with Crippen molar-refractivity contribution in [2.24, 2.45) is 0 Å². The van der Waals surface area contributed by atoms with Gasteiger partial charge >= 0.3 is 0 Å². The summed E-state index contributed by atoms with van der Waals surface area (Å²) in [7, 11) is 2.19. The van der Waals surface area contributed by atoms with E-state index in [1.54, 1.807) is 0 Å². The monoisotopic (exact) mass is 310 g/mol. The molecule has 1 aliphatic heterocycles. The number of halogens is 1. The molecule has 0 amide bonds.